The molecule has 0 radical (unpaired) electrons. The molecule has 2 fully saturated rings. The third-order valence-electron chi connectivity index (χ3n) is 5.37. The molecule has 4 nitrogen and oxygen atoms in total. The smallest absolute Gasteiger partial charge is 0.268 e. The van der Waals surface area contributed by atoms with E-state index in [2.05, 4.69) is 42.8 Å². The summed E-state index contributed by atoms with van der Waals surface area (Å²) in [5, 5.41) is 3.13. The van der Waals surface area contributed by atoms with Crippen molar-refractivity contribution in [1.29, 1.82) is 0 Å². The first-order valence-electron chi connectivity index (χ1n) is 9.00. The summed E-state index contributed by atoms with van der Waals surface area (Å²) >= 11 is 5.28. The van der Waals surface area contributed by atoms with E-state index < -0.39 is 0 Å². The predicted octanol–water partition coefficient (Wildman–Crippen LogP) is 4.09. The quantitative estimate of drug-likeness (QED) is 0.779. The molecule has 1 aliphatic heterocycles. The number of thiophene rings is 1. The summed E-state index contributed by atoms with van der Waals surface area (Å²) in [7, 11) is 0. The van der Waals surface area contributed by atoms with Crippen molar-refractivity contribution in [3.63, 3.8) is 0 Å². The van der Waals surface area contributed by atoms with Crippen molar-refractivity contribution in [2.75, 3.05) is 26.2 Å². The van der Waals surface area contributed by atoms with E-state index in [0.717, 1.165) is 35.0 Å². The van der Waals surface area contributed by atoms with Crippen LogP contribution in [0.25, 0.3) is 10.2 Å². The molecule has 2 aromatic heterocycles. The van der Waals surface area contributed by atoms with E-state index in [1.54, 1.807) is 11.3 Å². The van der Waals surface area contributed by atoms with Gasteiger partial charge in [-0.25, -0.2) is 0 Å². The average Bonchev–Trinajstić information content (AvgIpc) is 3.19. The monoisotopic (exact) mass is 409 g/mol. The van der Waals surface area contributed by atoms with Crippen molar-refractivity contribution in [3.05, 3.63) is 21.6 Å². The van der Waals surface area contributed by atoms with E-state index in [9.17, 15) is 4.79 Å². The van der Waals surface area contributed by atoms with Crippen molar-refractivity contribution in [3.8, 4) is 0 Å². The van der Waals surface area contributed by atoms with Crippen LogP contribution in [0.1, 0.15) is 42.6 Å². The molecule has 24 heavy (non-hydrogen) atoms. The Morgan fingerprint density at radius 2 is 2.04 bits per heavy atom. The van der Waals surface area contributed by atoms with Gasteiger partial charge in [0.2, 0.25) is 0 Å². The fourth-order valence-corrected chi connectivity index (χ4v) is 5.32. The highest BCUT2D eigenvalue weighted by atomic mass is 79.9. The Morgan fingerprint density at radius 3 is 2.75 bits per heavy atom. The van der Waals surface area contributed by atoms with Gasteiger partial charge in [0.15, 0.2) is 0 Å². The normalized spacial score (nSPS) is 19.0. The summed E-state index contributed by atoms with van der Waals surface area (Å²) in [5.41, 5.74) is 2.03. The molecule has 0 atom stereocenters. The van der Waals surface area contributed by atoms with E-state index in [-0.39, 0.29) is 5.91 Å². The topological polar surface area (TPSA) is 37.3 Å². The molecule has 2 aromatic rings. The Morgan fingerprint density at radius 1 is 1.25 bits per heavy atom. The highest BCUT2D eigenvalue weighted by molar-refractivity contribution is 9.11. The van der Waals surface area contributed by atoms with Gasteiger partial charge in [-0.15, -0.1) is 11.3 Å². The van der Waals surface area contributed by atoms with Gasteiger partial charge >= 0.3 is 0 Å². The number of aromatic nitrogens is 1. The maximum absolute atomic E-state index is 12.7. The third-order valence-corrected chi connectivity index (χ3v) is 6.94. The van der Waals surface area contributed by atoms with E-state index in [1.807, 2.05) is 0 Å². The van der Waals surface area contributed by atoms with Crippen molar-refractivity contribution < 1.29 is 4.79 Å². The molecular weight excluding hydrogens is 386 g/mol. The molecule has 1 saturated carbocycles. The number of rotatable bonds is 6. The number of hydrogen-bond acceptors (Lipinski definition) is 3. The van der Waals surface area contributed by atoms with Crippen LogP contribution in [0.4, 0.5) is 0 Å². The second-order valence-corrected chi connectivity index (χ2v) is 9.50. The standard InChI is InChI=1S/C18H24BrN3OS/c19-17-11-14-16(24-17)10-15(22(14)12-13-4-3-5-13)18(23)20-6-9-21-7-1-2-8-21/h10-11,13H,1-9,12H2,(H,20,23). The number of nitrogens with zero attached hydrogens (tertiary/aromatic N) is 2. The number of halogens is 1. The number of likely N-dealkylation sites (tertiary alicyclic amines) is 1. The van der Waals surface area contributed by atoms with Gasteiger partial charge in [-0.05, 0) is 72.8 Å². The van der Waals surface area contributed by atoms with Gasteiger partial charge < -0.3 is 14.8 Å². The van der Waals surface area contributed by atoms with Crippen LogP contribution in [-0.4, -0.2) is 41.6 Å². The minimum absolute atomic E-state index is 0.0769. The summed E-state index contributed by atoms with van der Waals surface area (Å²) in [5.74, 6) is 0.809. The van der Waals surface area contributed by atoms with Crippen LogP contribution in [0.5, 0.6) is 0 Å². The molecule has 1 saturated heterocycles. The molecule has 0 bridgehead atoms. The number of hydrogen-bond donors (Lipinski definition) is 1. The Kier molecular flexibility index (Phi) is 4.97. The third kappa shape index (κ3) is 3.41. The zero-order chi connectivity index (χ0) is 16.5. The second kappa shape index (κ2) is 7.18. The van der Waals surface area contributed by atoms with Crippen LogP contribution in [0.3, 0.4) is 0 Å². The molecule has 0 spiro atoms. The summed E-state index contributed by atoms with van der Waals surface area (Å²) in [6.07, 6.45) is 6.51. The molecule has 130 valence electrons. The van der Waals surface area contributed by atoms with Gasteiger partial charge in [-0.2, -0.15) is 0 Å². The zero-order valence-electron chi connectivity index (χ0n) is 13.9. The van der Waals surface area contributed by atoms with Crippen LogP contribution in [0.15, 0.2) is 15.9 Å². The van der Waals surface area contributed by atoms with Crippen LogP contribution < -0.4 is 5.32 Å². The lowest BCUT2D eigenvalue weighted by Crippen LogP contribution is -2.34. The molecule has 0 unspecified atom stereocenters. The molecule has 2 aliphatic rings. The van der Waals surface area contributed by atoms with E-state index in [1.165, 1.54) is 55.4 Å². The van der Waals surface area contributed by atoms with Crippen LogP contribution in [0, 0.1) is 5.92 Å². The first kappa shape index (κ1) is 16.6. The number of carbonyl (C=O) groups is 1. The van der Waals surface area contributed by atoms with Crippen molar-refractivity contribution in [2.45, 2.75) is 38.6 Å². The number of nitrogens with one attached hydrogen (secondary N) is 1. The van der Waals surface area contributed by atoms with Crippen LogP contribution in [0.2, 0.25) is 0 Å². The lowest BCUT2D eigenvalue weighted by molar-refractivity contribution is 0.0938. The first-order chi connectivity index (χ1) is 11.7. The Bertz CT molecular complexity index is 728. The summed E-state index contributed by atoms with van der Waals surface area (Å²) in [6, 6.07) is 4.22. The van der Waals surface area contributed by atoms with Crippen LogP contribution >= 0.6 is 27.3 Å². The minimum atomic E-state index is 0.0769. The highest BCUT2D eigenvalue weighted by Crippen LogP contribution is 2.35. The maximum Gasteiger partial charge on any atom is 0.268 e. The van der Waals surface area contributed by atoms with E-state index >= 15 is 0 Å². The van der Waals surface area contributed by atoms with Gasteiger partial charge in [0, 0.05) is 19.6 Å². The predicted molar refractivity (Wildman–Crippen MR) is 103 cm³/mol. The molecule has 1 aliphatic carbocycles. The first-order valence-corrected chi connectivity index (χ1v) is 10.6. The van der Waals surface area contributed by atoms with Gasteiger partial charge in [0.25, 0.3) is 5.91 Å². The number of carbonyl (C=O) groups excluding carboxylic acids is 1. The fraction of sp³-hybridized carbons (Fsp3) is 0.611. The van der Waals surface area contributed by atoms with Gasteiger partial charge in [-0.1, -0.05) is 6.42 Å². The SMILES string of the molecule is O=C(NCCN1CCCC1)c1cc2sc(Br)cc2n1CC1CCC1. The highest BCUT2D eigenvalue weighted by Gasteiger charge is 2.23. The summed E-state index contributed by atoms with van der Waals surface area (Å²) in [4.78, 5) is 15.2. The molecule has 3 heterocycles. The van der Waals surface area contributed by atoms with E-state index in [4.69, 9.17) is 0 Å². The average molecular weight is 410 g/mol. The van der Waals surface area contributed by atoms with Crippen molar-refractivity contribution in [2.24, 2.45) is 5.92 Å². The second-order valence-electron chi connectivity index (χ2n) is 7.04. The largest absolute Gasteiger partial charge is 0.349 e. The maximum atomic E-state index is 12.7. The lowest BCUT2D eigenvalue weighted by Gasteiger charge is -2.27. The molecule has 6 heteroatoms. The van der Waals surface area contributed by atoms with Gasteiger partial charge in [0.1, 0.15) is 5.69 Å². The van der Waals surface area contributed by atoms with E-state index in [0.29, 0.717) is 0 Å². The Balaban J connectivity index is 1.47. The number of amides is 1. The summed E-state index contributed by atoms with van der Waals surface area (Å²) in [6.45, 7) is 5.04. The van der Waals surface area contributed by atoms with Gasteiger partial charge in [0.05, 0.1) is 14.0 Å². The Hall–Kier alpha value is -0.850. The molecule has 1 N–H and O–H groups in total. The van der Waals surface area contributed by atoms with Crippen LogP contribution in [-0.2, 0) is 6.54 Å². The minimum Gasteiger partial charge on any atom is -0.349 e. The van der Waals surface area contributed by atoms with Gasteiger partial charge in [-0.3, -0.25) is 4.79 Å². The molecule has 4 rings (SSSR count). The number of fused-ring (bicyclic) bond motifs is 1. The van der Waals surface area contributed by atoms with Crippen molar-refractivity contribution in [1.82, 2.24) is 14.8 Å². The fourth-order valence-electron chi connectivity index (χ4n) is 3.75. The lowest BCUT2D eigenvalue weighted by atomic mass is 9.85. The van der Waals surface area contributed by atoms with Crippen molar-refractivity contribution >= 4 is 43.4 Å². The summed E-state index contributed by atoms with van der Waals surface area (Å²) < 4.78 is 4.58. The Labute approximate surface area is 155 Å². The molecule has 0 aromatic carbocycles. The molecular formula is C18H24BrN3OS. The molecule has 1 amide bonds. The zero-order valence-corrected chi connectivity index (χ0v) is 16.3.